The molecule has 5 atom stereocenters. The summed E-state index contributed by atoms with van der Waals surface area (Å²) in [5.41, 5.74) is 0. The number of esters is 4. The number of phosphoric acid groups is 2. The number of phosphoric ester groups is 2. The highest BCUT2D eigenvalue weighted by molar-refractivity contribution is 7.47. The maximum Gasteiger partial charge on any atom is 0.472 e. The lowest BCUT2D eigenvalue weighted by atomic mass is 10.0. The van der Waals surface area contributed by atoms with Gasteiger partial charge in [0.05, 0.1) is 26.4 Å². The Balaban J connectivity index is 5.21. The van der Waals surface area contributed by atoms with Gasteiger partial charge in [-0.25, -0.2) is 9.13 Å². The van der Waals surface area contributed by atoms with Gasteiger partial charge in [0, 0.05) is 25.7 Å². The summed E-state index contributed by atoms with van der Waals surface area (Å²) >= 11 is 0. The van der Waals surface area contributed by atoms with Crippen molar-refractivity contribution in [3.8, 4) is 0 Å². The van der Waals surface area contributed by atoms with Gasteiger partial charge in [-0.1, -0.05) is 427 Å². The van der Waals surface area contributed by atoms with Gasteiger partial charge in [-0.05, 0) is 43.4 Å². The van der Waals surface area contributed by atoms with Gasteiger partial charge >= 0.3 is 39.5 Å². The van der Waals surface area contributed by atoms with E-state index in [9.17, 15) is 43.2 Å². The third-order valence-electron chi connectivity index (χ3n) is 21.1. The predicted molar refractivity (Wildman–Crippen MR) is 451 cm³/mol. The molecule has 0 aromatic rings. The lowest BCUT2D eigenvalue weighted by Crippen LogP contribution is -2.30. The molecule has 0 aromatic carbocycles. The molecule has 0 bridgehead atoms. The van der Waals surface area contributed by atoms with Crippen LogP contribution in [-0.2, 0) is 65.4 Å². The third-order valence-corrected chi connectivity index (χ3v) is 23.0. The molecule has 0 amide bonds. The highest BCUT2D eigenvalue weighted by Crippen LogP contribution is 2.45. The molecule has 0 aliphatic rings. The second-order valence-corrected chi connectivity index (χ2v) is 36.7. The van der Waals surface area contributed by atoms with Crippen LogP contribution < -0.4 is 0 Å². The van der Waals surface area contributed by atoms with E-state index in [-0.39, 0.29) is 25.7 Å². The van der Waals surface area contributed by atoms with Crippen molar-refractivity contribution in [3.63, 3.8) is 0 Å². The van der Waals surface area contributed by atoms with Gasteiger partial charge in [-0.15, -0.1) is 0 Å². The molecular weight excluding hydrogens is 1410 g/mol. The first-order valence-corrected chi connectivity index (χ1v) is 49.3. The first-order chi connectivity index (χ1) is 52.7. The summed E-state index contributed by atoms with van der Waals surface area (Å²) in [5.74, 6) is 0.212. The van der Waals surface area contributed by atoms with Crippen molar-refractivity contribution in [2.24, 2.45) is 17.8 Å². The Morgan fingerprint density at radius 2 is 0.422 bits per heavy atom. The van der Waals surface area contributed by atoms with E-state index < -0.39 is 97.5 Å². The first kappa shape index (κ1) is 107. The fraction of sp³-hybridized carbons (Fsp3) is 0.956. The summed E-state index contributed by atoms with van der Waals surface area (Å²) in [5, 5.41) is 10.7. The van der Waals surface area contributed by atoms with Crippen LogP contribution in [0, 0.1) is 17.8 Å². The first-order valence-electron chi connectivity index (χ1n) is 46.3. The number of ether oxygens (including phenoxy) is 4. The number of carbonyl (C=O) groups is 4. The molecule has 0 aromatic heterocycles. The minimum atomic E-state index is -4.97. The number of hydrogen-bond donors (Lipinski definition) is 3. The summed E-state index contributed by atoms with van der Waals surface area (Å²) in [6.07, 6.45) is 72.5. The van der Waals surface area contributed by atoms with Crippen LogP contribution in [0.3, 0.4) is 0 Å². The topological polar surface area (TPSA) is 237 Å². The summed E-state index contributed by atoms with van der Waals surface area (Å²) in [4.78, 5) is 73.3. The van der Waals surface area contributed by atoms with Crippen LogP contribution in [0.1, 0.15) is 479 Å². The monoisotopic (exact) mass is 1590 g/mol. The van der Waals surface area contributed by atoms with E-state index in [1.165, 1.54) is 283 Å². The average molecular weight is 1590 g/mol. The van der Waals surface area contributed by atoms with Crippen molar-refractivity contribution >= 4 is 39.5 Å². The second kappa shape index (κ2) is 79.9. The minimum absolute atomic E-state index is 0.107. The number of unbranched alkanes of at least 4 members (excludes halogenated alkanes) is 56. The molecule has 0 aliphatic carbocycles. The Morgan fingerprint density at radius 1 is 0.248 bits per heavy atom. The molecule has 0 heterocycles. The second-order valence-electron chi connectivity index (χ2n) is 33.8. The summed E-state index contributed by atoms with van der Waals surface area (Å²) in [6.45, 7) is 12.0. The Morgan fingerprint density at radius 3 is 0.624 bits per heavy atom. The predicted octanol–water partition coefficient (Wildman–Crippen LogP) is 27.6. The number of aliphatic hydroxyl groups excluding tert-OH is 1. The maximum absolute atomic E-state index is 13.2. The van der Waals surface area contributed by atoms with Gasteiger partial charge in [0.25, 0.3) is 0 Å². The SMILES string of the molecule is CCCCCCCCCCCCCCCCCCCCCCCCC(=O)O[C@H](COC(=O)CCCCCCCCCCCCCCCCCCCCC(C)C)COP(=O)(O)OC[C@@H](O)COP(=O)(O)OC[C@@H](COC(=O)CCCCCCCCCC(C)C)OC(=O)CCCCCCCCCCCCCCCC(C)C. The van der Waals surface area contributed by atoms with Crippen LogP contribution in [0.25, 0.3) is 0 Å². The van der Waals surface area contributed by atoms with E-state index in [0.717, 1.165) is 108 Å². The zero-order valence-electron chi connectivity index (χ0n) is 72.0. The van der Waals surface area contributed by atoms with Gasteiger partial charge in [0.1, 0.15) is 19.3 Å². The maximum atomic E-state index is 13.2. The zero-order chi connectivity index (χ0) is 80.0. The van der Waals surface area contributed by atoms with Gasteiger partial charge in [0.2, 0.25) is 0 Å². The fourth-order valence-electron chi connectivity index (χ4n) is 14.1. The van der Waals surface area contributed by atoms with Crippen molar-refractivity contribution in [3.05, 3.63) is 0 Å². The van der Waals surface area contributed by atoms with Crippen molar-refractivity contribution in [2.45, 2.75) is 497 Å². The molecule has 17 nitrogen and oxygen atoms in total. The number of rotatable bonds is 88. The van der Waals surface area contributed by atoms with Crippen LogP contribution in [0.5, 0.6) is 0 Å². The lowest BCUT2D eigenvalue weighted by molar-refractivity contribution is -0.161. The molecule has 2 unspecified atom stereocenters. The quantitative estimate of drug-likeness (QED) is 0.0222. The third kappa shape index (κ3) is 83.8. The van der Waals surface area contributed by atoms with Crippen LogP contribution in [-0.4, -0.2) is 96.7 Å². The lowest BCUT2D eigenvalue weighted by Gasteiger charge is -2.21. The molecule has 0 rings (SSSR count). The van der Waals surface area contributed by atoms with E-state index in [1.807, 2.05) is 0 Å². The molecule has 0 aliphatic heterocycles. The highest BCUT2D eigenvalue weighted by Gasteiger charge is 2.31. The van der Waals surface area contributed by atoms with E-state index in [4.69, 9.17) is 37.0 Å². The largest absolute Gasteiger partial charge is 0.472 e. The molecule has 648 valence electrons. The average Bonchev–Trinajstić information content (AvgIpc) is 0.893. The Labute approximate surface area is 670 Å². The number of carbonyl (C=O) groups excluding carboxylic acids is 4. The molecule has 0 fully saturated rings. The summed E-state index contributed by atoms with van der Waals surface area (Å²) < 4.78 is 69.0. The number of aliphatic hydroxyl groups is 1. The van der Waals surface area contributed by atoms with Crippen molar-refractivity contribution in [1.82, 2.24) is 0 Å². The fourth-order valence-corrected chi connectivity index (χ4v) is 15.7. The summed E-state index contributed by atoms with van der Waals surface area (Å²) in [6, 6.07) is 0. The van der Waals surface area contributed by atoms with Gasteiger partial charge in [-0.3, -0.25) is 37.3 Å². The van der Waals surface area contributed by atoms with Crippen LogP contribution in [0.15, 0.2) is 0 Å². The number of hydrogen-bond acceptors (Lipinski definition) is 15. The highest BCUT2D eigenvalue weighted by atomic mass is 31.2. The van der Waals surface area contributed by atoms with E-state index in [1.54, 1.807) is 0 Å². The minimum Gasteiger partial charge on any atom is -0.462 e. The smallest absolute Gasteiger partial charge is 0.462 e. The summed E-state index contributed by atoms with van der Waals surface area (Å²) in [7, 11) is -9.93. The molecular formula is C90H176O17P2. The molecule has 3 N–H and O–H groups in total. The van der Waals surface area contributed by atoms with Crippen LogP contribution >= 0.6 is 15.6 Å². The van der Waals surface area contributed by atoms with E-state index in [0.29, 0.717) is 31.6 Å². The van der Waals surface area contributed by atoms with Gasteiger partial charge < -0.3 is 33.8 Å². The van der Waals surface area contributed by atoms with Crippen molar-refractivity contribution in [1.29, 1.82) is 0 Å². The normalized spacial score (nSPS) is 13.8. The molecule has 0 radical (unpaired) electrons. The van der Waals surface area contributed by atoms with E-state index in [2.05, 4.69) is 48.5 Å². The van der Waals surface area contributed by atoms with Crippen molar-refractivity contribution in [2.75, 3.05) is 39.6 Å². The van der Waals surface area contributed by atoms with Crippen LogP contribution in [0.2, 0.25) is 0 Å². The molecule has 109 heavy (non-hydrogen) atoms. The van der Waals surface area contributed by atoms with E-state index >= 15 is 0 Å². The molecule has 0 saturated carbocycles. The molecule has 19 heteroatoms. The Kier molecular flexibility index (Phi) is 78.5. The standard InChI is InChI=1S/C90H176O17P2/c1-8-9-10-11-12-13-14-15-16-17-18-19-20-21-26-29-34-39-44-51-59-66-73-89(94)106-85(77-100-87(92)71-64-57-50-43-38-33-28-25-23-22-24-27-31-36-41-47-54-61-68-81(2)3)79-104-108(96,97)102-75-84(91)76-103-109(98,99)105-80-86(78-101-88(93)72-65-58-53-46-49-56-63-70-83(6)7)107-90(95)74-67-60-52-45-40-35-30-32-37-42-48-55-62-69-82(4)5/h81-86,91H,8-80H2,1-7H3,(H,96,97)(H,98,99)/t84-,85-,86-/m1/s1. The van der Waals surface area contributed by atoms with Crippen molar-refractivity contribution < 1.29 is 80.2 Å². The molecule has 0 saturated heterocycles. The zero-order valence-corrected chi connectivity index (χ0v) is 73.8. The van der Waals surface area contributed by atoms with Gasteiger partial charge in [-0.2, -0.15) is 0 Å². The Bertz CT molecular complexity index is 2100. The molecule has 0 spiro atoms. The van der Waals surface area contributed by atoms with Gasteiger partial charge in [0.15, 0.2) is 12.2 Å². The van der Waals surface area contributed by atoms with Crippen LogP contribution in [0.4, 0.5) is 0 Å². The Hall–Kier alpha value is -1.94.